The van der Waals surface area contributed by atoms with Gasteiger partial charge in [-0.3, -0.25) is 4.79 Å². The molecule has 1 aliphatic rings. The van der Waals surface area contributed by atoms with Crippen molar-refractivity contribution in [1.29, 1.82) is 0 Å². The molecular formula is C21H22N2O2S. The Morgan fingerprint density at radius 3 is 2.65 bits per heavy atom. The van der Waals surface area contributed by atoms with Crippen LogP contribution in [0.5, 0.6) is 5.75 Å². The van der Waals surface area contributed by atoms with E-state index >= 15 is 0 Å². The molecule has 134 valence electrons. The van der Waals surface area contributed by atoms with Crippen LogP contribution in [0.25, 0.3) is 6.08 Å². The van der Waals surface area contributed by atoms with E-state index in [9.17, 15) is 4.79 Å². The van der Waals surface area contributed by atoms with Crippen molar-refractivity contribution in [2.45, 2.75) is 27.2 Å². The molecule has 0 atom stereocenters. The van der Waals surface area contributed by atoms with E-state index in [0.29, 0.717) is 16.7 Å². The van der Waals surface area contributed by atoms with Crippen LogP contribution in [0.2, 0.25) is 0 Å². The summed E-state index contributed by atoms with van der Waals surface area (Å²) in [4.78, 5) is 17.5. The monoisotopic (exact) mass is 366 g/mol. The lowest BCUT2D eigenvalue weighted by atomic mass is 10.1. The van der Waals surface area contributed by atoms with E-state index in [-0.39, 0.29) is 5.91 Å². The Hall–Kier alpha value is -2.53. The summed E-state index contributed by atoms with van der Waals surface area (Å²) in [6, 6.07) is 13.7. The van der Waals surface area contributed by atoms with Crippen molar-refractivity contribution in [2.24, 2.45) is 4.99 Å². The fourth-order valence-corrected chi connectivity index (χ4v) is 3.31. The molecule has 3 rings (SSSR count). The molecule has 26 heavy (non-hydrogen) atoms. The van der Waals surface area contributed by atoms with Crippen LogP contribution in [-0.2, 0) is 4.79 Å². The van der Waals surface area contributed by atoms with Gasteiger partial charge < -0.3 is 10.1 Å². The molecule has 0 aromatic heterocycles. The van der Waals surface area contributed by atoms with Gasteiger partial charge in [0.25, 0.3) is 5.91 Å². The van der Waals surface area contributed by atoms with Crippen molar-refractivity contribution in [1.82, 2.24) is 5.32 Å². The predicted octanol–water partition coefficient (Wildman–Crippen LogP) is 4.98. The number of amides is 1. The van der Waals surface area contributed by atoms with Gasteiger partial charge in [0.2, 0.25) is 0 Å². The number of aryl methyl sites for hydroxylation is 1. The van der Waals surface area contributed by atoms with Crippen LogP contribution in [-0.4, -0.2) is 17.7 Å². The Bertz CT molecular complexity index is 870. The number of amidine groups is 1. The highest BCUT2D eigenvalue weighted by Crippen LogP contribution is 2.30. The lowest BCUT2D eigenvalue weighted by Gasteiger charge is -2.04. The summed E-state index contributed by atoms with van der Waals surface area (Å²) in [5.41, 5.74) is 4.14. The summed E-state index contributed by atoms with van der Waals surface area (Å²) >= 11 is 1.36. The highest BCUT2D eigenvalue weighted by Gasteiger charge is 2.24. The number of nitrogens with zero attached hydrogens (tertiary/aromatic N) is 1. The van der Waals surface area contributed by atoms with Gasteiger partial charge in [0.15, 0.2) is 5.17 Å². The van der Waals surface area contributed by atoms with Gasteiger partial charge in [0.1, 0.15) is 5.75 Å². The molecule has 0 unspecified atom stereocenters. The first-order valence-electron chi connectivity index (χ1n) is 8.65. The summed E-state index contributed by atoms with van der Waals surface area (Å²) in [7, 11) is 0. The lowest BCUT2D eigenvalue weighted by Crippen LogP contribution is -2.19. The van der Waals surface area contributed by atoms with Crippen LogP contribution in [0.4, 0.5) is 5.69 Å². The summed E-state index contributed by atoms with van der Waals surface area (Å²) in [5, 5.41) is 3.45. The maximum atomic E-state index is 12.2. The Kier molecular flexibility index (Phi) is 5.78. The number of hydrogen-bond acceptors (Lipinski definition) is 4. The van der Waals surface area contributed by atoms with E-state index in [4.69, 9.17) is 4.74 Å². The Balaban J connectivity index is 1.76. The summed E-state index contributed by atoms with van der Waals surface area (Å²) in [6.45, 7) is 6.87. The number of thioether (sulfide) groups is 1. The van der Waals surface area contributed by atoms with Crippen molar-refractivity contribution in [3.05, 3.63) is 64.1 Å². The average Bonchev–Trinajstić information content (AvgIpc) is 2.97. The van der Waals surface area contributed by atoms with Crippen LogP contribution in [0.1, 0.15) is 30.0 Å². The van der Waals surface area contributed by atoms with Crippen molar-refractivity contribution >= 4 is 34.6 Å². The third-order valence-electron chi connectivity index (χ3n) is 4.10. The number of hydrogen-bond donors (Lipinski definition) is 1. The quantitative estimate of drug-likeness (QED) is 0.759. The number of rotatable bonds is 5. The SMILES string of the molecule is CCCOc1ccc(/C=C2\SC(=Nc3cccc(C)c3C)NC2=O)cc1. The van der Waals surface area contributed by atoms with Crippen LogP contribution in [0.15, 0.2) is 52.4 Å². The number of carbonyl (C=O) groups is 1. The van der Waals surface area contributed by atoms with Crippen LogP contribution < -0.4 is 10.1 Å². The smallest absolute Gasteiger partial charge is 0.264 e. The van der Waals surface area contributed by atoms with Crippen molar-refractivity contribution in [3.63, 3.8) is 0 Å². The van der Waals surface area contributed by atoms with E-state index in [1.54, 1.807) is 0 Å². The van der Waals surface area contributed by atoms with Gasteiger partial charge in [-0.15, -0.1) is 0 Å². The maximum Gasteiger partial charge on any atom is 0.264 e. The van der Waals surface area contributed by atoms with E-state index in [1.807, 2.05) is 49.4 Å². The zero-order chi connectivity index (χ0) is 18.5. The molecule has 0 bridgehead atoms. The third-order valence-corrected chi connectivity index (χ3v) is 5.01. The summed E-state index contributed by atoms with van der Waals surface area (Å²) < 4.78 is 5.58. The molecular weight excluding hydrogens is 344 g/mol. The number of carbonyl (C=O) groups excluding carboxylic acids is 1. The van der Waals surface area contributed by atoms with E-state index in [2.05, 4.69) is 30.2 Å². The largest absolute Gasteiger partial charge is 0.494 e. The average molecular weight is 366 g/mol. The van der Waals surface area contributed by atoms with Gasteiger partial charge in [0, 0.05) is 0 Å². The van der Waals surface area contributed by atoms with Gasteiger partial charge in [-0.25, -0.2) is 4.99 Å². The first kappa shape index (κ1) is 18.3. The Morgan fingerprint density at radius 2 is 1.92 bits per heavy atom. The number of benzene rings is 2. The first-order valence-corrected chi connectivity index (χ1v) is 9.47. The van der Waals surface area contributed by atoms with Gasteiger partial charge in [-0.1, -0.05) is 31.2 Å². The third kappa shape index (κ3) is 4.35. The predicted molar refractivity (Wildman–Crippen MR) is 109 cm³/mol. The molecule has 1 saturated heterocycles. The fraction of sp³-hybridized carbons (Fsp3) is 0.238. The normalized spacial score (nSPS) is 17.0. The second-order valence-electron chi connectivity index (χ2n) is 6.12. The molecule has 2 aromatic rings. The van der Waals surface area contributed by atoms with E-state index in [1.165, 1.54) is 17.3 Å². The number of nitrogens with one attached hydrogen (secondary N) is 1. The van der Waals surface area contributed by atoms with E-state index in [0.717, 1.165) is 29.0 Å². The standard InChI is InChI=1S/C21H22N2O2S/c1-4-12-25-17-10-8-16(9-11-17)13-19-20(24)23-21(26-19)22-18-7-5-6-14(2)15(18)3/h5-11,13H,4,12H2,1-3H3,(H,22,23,24)/b19-13-. The van der Waals surface area contributed by atoms with E-state index < -0.39 is 0 Å². The second-order valence-corrected chi connectivity index (χ2v) is 7.15. The number of aliphatic imine (C=N–C) groups is 1. The molecule has 4 nitrogen and oxygen atoms in total. The van der Waals surface area contributed by atoms with Gasteiger partial charge >= 0.3 is 0 Å². The Morgan fingerprint density at radius 1 is 1.15 bits per heavy atom. The highest BCUT2D eigenvalue weighted by molar-refractivity contribution is 8.18. The lowest BCUT2D eigenvalue weighted by molar-refractivity contribution is -0.115. The molecule has 0 spiro atoms. The van der Waals surface area contributed by atoms with Crippen molar-refractivity contribution < 1.29 is 9.53 Å². The summed E-state index contributed by atoms with van der Waals surface area (Å²) in [5.74, 6) is 0.722. The Labute approximate surface area is 158 Å². The van der Waals surface area contributed by atoms with Crippen molar-refractivity contribution in [2.75, 3.05) is 6.61 Å². The molecule has 0 aliphatic carbocycles. The fourth-order valence-electron chi connectivity index (χ4n) is 2.48. The molecule has 0 saturated carbocycles. The second kappa shape index (κ2) is 8.23. The highest BCUT2D eigenvalue weighted by atomic mass is 32.2. The molecule has 1 amide bonds. The van der Waals surface area contributed by atoms with Gasteiger partial charge in [0.05, 0.1) is 17.2 Å². The van der Waals surface area contributed by atoms with Gasteiger partial charge in [-0.2, -0.15) is 0 Å². The molecule has 0 radical (unpaired) electrons. The molecule has 1 heterocycles. The van der Waals surface area contributed by atoms with Crippen molar-refractivity contribution in [3.8, 4) is 5.75 Å². The summed E-state index contributed by atoms with van der Waals surface area (Å²) in [6.07, 6.45) is 2.85. The molecule has 1 N–H and O–H groups in total. The minimum atomic E-state index is -0.120. The minimum absolute atomic E-state index is 0.120. The minimum Gasteiger partial charge on any atom is -0.494 e. The van der Waals surface area contributed by atoms with Crippen LogP contribution >= 0.6 is 11.8 Å². The molecule has 1 aliphatic heterocycles. The molecule has 1 fully saturated rings. The number of ether oxygens (including phenoxy) is 1. The molecule has 2 aromatic carbocycles. The van der Waals surface area contributed by atoms with Gasteiger partial charge in [-0.05, 0) is 73.0 Å². The zero-order valence-corrected chi connectivity index (χ0v) is 16.0. The zero-order valence-electron chi connectivity index (χ0n) is 15.2. The van der Waals surface area contributed by atoms with Crippen LogP contribution in [0, 0.1) is 13.8 Å². The topological polar surface area (TPSA) is 50.7 Å². The maximum absolute atomic E-state index is 12.2. The first-order chi connectivity index (χ1) is 12.6. The molecule has 5 heteroatoms. The van der Waals surface area contributed by atoms with Crippen LogP contribution in [0.3, 0.4) is 0 Å².